The molecule has 0 saturated heterocycles. The summed E-state index contributed by atoms with van der Waals surface area (Å²) in [7, 11) is -1.65. The van der Waals surface area contributed by atoms with Gasteiger partial charge in [-0.25, -0.2) is 0 Å². The molecule has 0 saturated carbocycles. The van der Waals surface area contributed by atoms with Crippen molar-refractivity contribution in [2.75, 3.05) is 6.16 Å². The average Bonchev–Trinajstić information content (AvgIpc) is 2.49. The van der Waals surface area contributed by atoms with E-state index in [1.165, 1.54) is 12.1 Å². The molecule has 0 aliphatic carbocycles. The quantitative estimate of drug-likeness (QED) is 0.429. The molecule has 6 heteroatoms. The van der Waals surface area contributed by atoms with Gasteiger partial charge < -0.3 is 0 Å². The van der Waals surface area contributed by atoms with Crippen molar-refractivity contribution < 1.29 is 9.59 Å². The number of aryl methyl sites for hydroxylation is 3. The zero-order chi connectivity index (χ0) is 20.5. The van der Waals surface area contributed by atoms with Crippen LogP contribution < -0.4 is 0 Å². The van der Waals surface area contributed by atoms with E-state index in [1.807, 2.05) is 46.8 Å². The highest BCUT2D eigenvalue weighted by atomic mass is 35.5. The Morgan fingerprint density at radius 2 is 1.30 bits per heavy atom. The van der Waals surface area contributed by atoms with E-state index >= 15 is 0 Å². The van der Waals surface area contributed by atoms with Gasteiger partial charge in [0.05, 0.1) is 15.6 Å². The molecule has 144 valence electrons. The molecule has 0 aliphatic rings. The van der Waals surface area contributed by atoms with Crippen molar-refractivity contribution in [2.45, 2.75) is 34.6 Å². The number of benzene rings is 2. The summed E-state index contributed by atoms with van der Waals surface area (Å²) in [6.45, 7) is 9.79. The molecule has 0 amide bonds. The van der Waals surface area contributed by atoms with Gasteiger partial charge in [-0.1, -0.05) is 66.3 Å². The predicted octanol–water partition coefficient (Wildman–Crippen LogP) is 7.69. The predicted molar refractivity (Wildman–Crippen MR) is 117 cm³/mol. The zero-order valence-electron chi connectivity index (χ0n) is 16.0. The van der Waals surface area contributed by atoms with Crippen LogP contribution in [0.3, 0.4) is 0 Å². The average molecular weight is 444 g/mol. The molecular weight excluding hydrogens is 422 g/mol. The van der Waals surface area contributed by atoms with Crippen LogP contribution in [0.2, 0.25) is 15.1 Å². The third kappa shape index (κ3) is 5.12. The van der Waals surface area contributed by atoms with Gasteiger partial charge in [0.15, 0.2) is 11.0 Å². The van der Waals surface area contributed by atoms with Crippen molar-refractivity contribution in [3.63, 3.8) is 0 Å². The largest absolute Gasteiger partial charge is 0.289 e. The van der Waals surface area contributed by atoms with Crippen molar-refractivity contribution in [3.05, 3.63) is 67.2 Å². The molecule has 27 heavy (non-hydrogen) atoms. The maximum Gasteiger partial charge on any atom is 0.195 e. The van der Waals surface area contributed by atoms with Gasteiger partial charge >= 0.3 is 0 Å². The van der Waals surface area contributed by atoms with Crippen LogP contribution in [-0.2, 0) is 0 Å². The number of hydrogen-bond acceptors (Lipinski definition) is 2. The van der Waals surface area contributed by atoms with Crippen LogP contribution in [0.1, 0.15) is 51.3 Å². The van der Waals surface area contributed by atoms with Crippen molar-refractivity contribution in [1.82, 2.24) is 0 Å². The summed E-state index contributed by atoms with van der Waals surface area (Å²) in [6, 6.07) is 6.90. The van der Waals surface area contributed by atoms with Gasteiger partial charge in [0.1, 0.15) is 0 Å². The highest BCUT2D eigenvalue weighted by Crippen LogP contribution is 2.48. The van der Waals surface area contributed by atoms with E-state index in [0.29, 0.717) is 16.7 Å². The summed E-state index contributed by atoms with van der Waals surface area (Å²) in [5, 5.41) is 0.712. The topological polar surface area (TPSA) is 34.1 Å². The lowest BCUT2D eigenvalue weighted by Gasteiger charge is -2.21. The van der Waals surface area contributed by atoms with Crippen LogP contribution in [0.25, 0.3) is 0 Å². The van der Waals surface area contributed by atoms with Gasteiger partial charge in [-0.15, -0.1) is 0 Å². The van der Waals surface area contributed by atoms with E-state index in [1.54, 1.807) is 0 Å². The molecule has 0 heterocycles. The van der Waals surface area contributed by atoms with E-state index in [4.69, 9.17) is 34.8 Å². The van der Waals surface area contributed by atoms with Crippen LogP contribution in [-0.4, -0.2) is 17.2 Å². The molecule has 2 rings (SSSR count). The Morgan fingerprint density at radius 3 is 1.74 bits per heavy atom. The van der Waals surface area contributed by atoms with Crippen LogP contribution in [0.4, 0.5) is 0 Å². The first kappa shape index (κ1) is 22.4. The molecule has 0 radical (unpaired) electrons. The lowest BCUT2D eigenvalue weighted by atomic mass is 10.0. The summed E-state index contributed by atoms with van der Waals surface area (Å²) in [4.78, 5) is 26.8. The number of carbonyl (C=O) groups excluding carboxylic acids is 2. The van der Waals surface area contributed by atoms with Crippen LogP contribution in [0, 0.1) is 26.7 Å². The van der Waals surface area contributed by atoms with Crippen LogP contribution in [0.15, 0.2) is 24.3 Å². The van der Waals surface area contributed by atoms with E-state index in [2.05, 4.69) is 0 Å². The molecule has 2 aromatic carbocycles. The van der Waals surface area contributed by atoms with Crippen molar-refractivity contribution in [3.8, 4) is 0 Å². The minimum Gasteiger partial charge on any atom is -0.289 e. The number of halogens is 3. The summed E-state index contributed by atoms with van der Waals surface area (Å²) in [6.07, 6.45) is 0.481. The van der Waals surface area contributed by atoms with E-state index < -0.39 is 7.92 Å². The molecule has 0 aliphatic heterocycles. The van der Waals surface area contributed by atoms with Gasteiger partial charge in [-0.2, -0.15) is 0 Å². The van der Waals surface area contributed by atoms with Gasteiger partial charge in [-0.3, -0.25) is 9.59 Å². The summed E-state index contributed by atoms with van der Waals surface area (Å²) in [5.41, 5.74) is 3.25. The smallest absolute Gasteiger partial charge is 0.195 e. The van der Waals surface area contributed by atoms with E-state index in [9.17, 15) is 9.59 Å². The first-order chi connectivity index (χ1) is 12.5. The second-order valence-corrected chi connectivity index (χ2v) is 10.4. The van der Waals surface area contributed by atoms with Crippen molar-refractivity contribution in [2.24, 2.45) is 5.92 Å². The first-order valence-electron chi connectivity index (χ1n) is 8.61. The highest BCUT2D eigenvalue weighted by Gasteiger charge is 2.33. The van der Waals surface area contributed by atoms with Crippen LogP contribution >= 0.6 is 42.7 Å². The molecule has 1 atom stereocenters. The molecule has 0 aromatic heterocycles. The minimum atomic E-state index is -1.65. The molecule has 1 unspecified atom stereocenters. The van der Waals surface area contributed by atoms with E-state index in [-0.39, 0.29) is 32.6 Å². The summed E-state index contributed by atoms with van der Waals surface area (Å²) >= 11 is 18.5. The van der Waals surface area contributed by atoms with Crippen molar-refractivity contribution in [1.29, 1.82) is 0 Å². The van der Waals surface area contributed by atoms with Gasteiger partial charge in [-0.05, 0) is 56.1 Å². The second kappa shape index (κ2) is 9.05. The number of carbonyl (C=O) groups is 2. The Labute approximate surface area is 177 Å². The summed E-state index contributed by atoms with van der Waals surface area (Å²) < 4.78 is 0. The second-order valence-electron chi connectivity index (χ2n) is 7.13. The van der Waals surface area contributed by atoms with E-state index in [0.717, 1.165) is 16.7 Å². The third-order valence-corrected chi connectivity index (χ3v) is 7.49. The zero-order valence-corrected chi connectivity index (χ0v) is 19.2. The fourth-order valence-corrected chi connectivity index (χ4v) is 6.66. The Balaban J connectivity index is 2.57. The molecule has 2 aromatic rings. The van der Waals surface area contributed by atoms with Crippen LogP contribution in [0.5, 0.6) is 0 Å². The Hall–Kier alpha value is -0.920. The minimum absolute atomic E-state index is 0.124. The molecule has 0 N–H and O–H groups in total. The third-order valence-electron chi connectivity index (χ3n) is 4.15. The fraction of sp³-hybridized carbons (Fsp3) is 0.333. The Bertz CT molecular complexity index is 791. The Kier molecular flexibility index (Phi) is 7.50. The lowest BCUT2D eigenvalue weighted by molar-refractivity contribution is 0.105. The SMILES string of the molecule is Cc1cc(C)c(C(=O)P(CC(C)C)C(=O)c2c(Cl)cc(Cl)cc2Cl)c(C)c1. The molecule has 0 spiro atoms. The normalized spacial score (nSPS) is 12.3. The molecule has 0 fully saturated rings. The molecular formula is C21H22Cl3O2P. The fourth-order valence-electron chi connectivity index (χ4n) is 3.16. The van der Waals surface area contributed by atoms with Gasteiger partial charge in [0.2, 0.25) is 0 Å². The maximum absolute atomic E-state index is 13.4. The molecule has 0 bridgehead atoms. The molecule has 2 nitrogen and oxygen atoms in total. The van der Waals surface area contributed by atoms with Gasteiger partial charge in [0, 0.05) is 18.5 Å². The highest BCUT2D eigenvalue weighted by molar-refractivity contribution is 7.90. The summed E-state index contributed by atoms with van der Waals surface area (Å²) in [5.74, 6) is 0.180. The Morgan fingerprint density at radius 1 is 0.852 bits per heavy atom. The maximum atomic E-state index is 13.4. The van der Waals surface area contributed by atoms with Crippen molar-refractivity contribution >= 4 is 53.8 Å². The monoisotopic (exact) mass is 442 g/mol. The first-order valence-corrected chi connectivity index (χ1v) is 11.3. The lowest BCUT2D eigenvalue weighted by Crippen LogP contribution is -2.15. The number of hydrogen-bond donors (Lipinski definition) is 0. The number of rotatable bonds is 6. The van der Waals surface area contributed by atoms with Gasteiger partial charge in [0.25, 0.3) is 0 Å². The standard InChI is InChI=1S/C21H22Cl3O2P/c1-11(2)10-27(20(25)18-13(4)6-12(3)7-14(18)5)21(26)19-16(23)8-15(22)9-17(19)24/h6-9,11H,10H2,1-5H3.